The van der Waals surface area contributed by atoms with Crippen LogP contribution >= 0.6 is 0 Å². The van der Waals surface area contributed by atoms with Crippen molar-refractivity contribution in [3.63, 3.8) is 0 Å². The van der Waals surface area contributed by atoms with Gasteiger partial charge in [-0.05, 0) is 0 Å². The average Bonchev–Trinajstić information content (AvgIpc) is 2.51. The second-order valence-corrected chi connectivity index (χ2v) is 4.30. The lowest BCUT2D eigenvalue weighted by atomic mass is 10.1. The number of methoxy groups -OCH3 is 1. The normalized spacial score (nSPS) is 10.0. The lowest BCUT2D eigenvalue weighted by molar-refractivity contribution is 0.116. The molecule has 0 radical (unpaired) electrons. The molecule has 0 fully saturated rings. The van der Waals surface area contributed by atoms with E-state index in [0.717, 1.165) is 5.56 Å². The molecular formula is C16H16N2O3. The van der Waals surface area contributed by atoms with Crippen LogP contribution in [0.1, 0.15) is 12.0 Å². The third kappa shape index (κ3) is 3.78. The molecule has 0 atom stereocenters. The van der Waals surface area contributed by atoms with E-state index in [-0.39, 0.29) is 18.9 Å². The number of benzene rings is 1. The molecule has 1 N–H and O–H groups in total. The zero-order chi connectivity index (χ0) is 15.1. The fraction of sp³-hybridized carbons (Fsp3) is 0.250. The maximum Gasteiger partial charge on any atom is 0.270 e. The predicted octanol–water partition coefficient (Wildman–Crippen LogP) is 1.25. The van der Waals surface area contributed by atoms with Crippen LogP contribution in [-0.4, -0.2) is 28.6 Å². The van der Waals surface area contributed by atoms with E-state index in [1.54, 1.807) is 0 Å². The van der Waals surface area contributed by atoms with E-state index in [9.17, 15) is 4.79 Å². The van der Waals surface area contributed by atoms with Crippen LogP contribution in [0.15, 0.2) is 41.2 Å². The van der Waals surface area contributed by atoms with Crippen molar-refractivity contribution in [2.75, 3.05) is 13.7 Å². The molecule has 0 saturated carbocycles. The summed E-state index contributed by atoms with van der Waals surface area (Å²) in [5.41, 5.74) is 1.77. The fourth-order valence-electron chi connectivity index (χ4n) is 1.82. The molecule has 1 heterocycles. The summed E-state index contributed by atoms with van der Waals surface area (Å²) in [4.78, 5) is 11.9. The standard InChI is InChI=1S/C16H16N2O3/c1-21-12-18-15(20)11-14(9-5-6-10-19)16(17-18)13-7-3-2-4-8-13/h2-4,7-8,11,19H,6,10,12H2,1H3. The molecule has 5 nitrogen and oxygen atoms in total. The number of aliphatic hydroxyl groups excluding tert-OH is 1. The van der Waals surface area contributed by atoms with Gasteiger partial charge in [-0.2, -0.15) is 5.10 Å². The first-order valence-electron chi connectivity index (χ1n) is 6.52. The summed E-state index contributed by atoms with van der Waals surface area (Å²) in [6.45, 7) is 0.0743. The maximum absolute atomic E-state index is 11.9. The zero-order valence-corrected chi connectivity index (χ0v) is 11.7. The third-order valence-corrected chi connectivity index (χ3v) is 2.76. The van der Waals surface area contributed by atoms with Gasteiger partial charge < -0.3 is 9.84 Å². The lowest BCUT2D eigenvalue weighted by Crippen LogP contribution is -2.24. The van der Waals surface area contributed by atoms with Crippen LogP contribution < -0.4 is 5.56 Å². The summed E-state index contributed by atoms with van der Waals surface area (Å²) in [6.07, 6.45) is 0.357. The van der Waals surface area contributed by atoms with Crippen molar-refractivity contribution < 1.29 is 9.84 Å². The molecular weight excluding hydrogens is 268 g/mol. The van der Waals surface area contributed by atoms with Crippen LogP contribution in [0.5, 0.6) is 0 Å². The van der Waals surface area contributed by atoms with Gasteiger partial charge >= 0.3 is 0 Å². The fourth-order valence-corrected chi connectivity index (χ4v) is 1.82. The lowest BCUT2D eigenvalue weighted by Gasteiger charge is -2.08. The average molecular weight is 284 g/mol. The summed E-state index contributed by atoms with van der Waals surface area (Å²) in [5, 5.41) is 13.1. The van der Waals surface area contributed by atoms with E-state index in [0.29, 0.717) is 17.7 Å². The predicted molar refractivity (Wildman–Crippen MR) is 79.5 cm³/mol. The van der Waals surface area contributed by atoms with Crippen molar-refractivity contribution >= 4 is 0 Å². The number of rotatable bonds is 4. The molecule has 5 heteroatoms. The molecule has 0 spiro atoms. The van der Waals surface area contributed by atoms with Gasteiger partial charge in [0.05, 0.1) is 12.2 Å². The number of aliphatic hydroxyl groups is 1. The van der Waals surface area contributed by atoms with E-state index >= 15 is 0 Å². The summed E-state index contributed by atoms with van der Waals surface area (Å²) in [6, 6.07) is 11.0. The smallest absolute Gasteiger partial charge is 0.270 e. The van der Waals surface area contributed by atoms with E-state index in [4.69, 9.17) is 9.84 Å². The summed E-state index contributed by atoms with van der Waals surface area (Å²) < 4.78 is 6.22. The number of hydrogen-bond acceptors (Lipinski definition) is 4. The minimum absolute atomic E-state index is 0.0121. The molecule has 0 bridgehead atoms. The van der Waals surface area contributed by atoms with Gasteiger partial charge in [-0.25, -0.2) is 4.68 Å². The SMILES string of the molecule is COCn1nc(-c2ccccc2)c(C#CCCO)cc1=O. The molecule has 1 aromatic heterocycles. The Bertz CT molecular complexity index is 712. The summed E-state index contributed by atoms with van der Waals surface area (Å²) >= 11 is 0. The number of hydrogen-bond donors (Lipinski definition) is 1. The van der Waals surface area contributed by atoms with Gasteiger partial charge in [-0.15, -0.1) is 0 Å². The molecule has 1 aromatic carbocycles. The molecule has 0 amide bonds. The topological polar surface area (TPSA) is 64.3 Å². The van der Waals surface area contributed by atoms with Gasteiger partial charge in [-0.1, -0.05) is 42.2 Å². The Morgan fingerprint density at radius 3 is 2.76 bits per heavy atom. The van der Waals surface area contributed by atoms with E-state index < -0.39 is 0 Å². The van der Waals surface area contributed by atoms with Gasteiger partial charge in [-0.3, -0.25) is 4.79 Å². The minimum Gasteiger partial charge on any atom is -0.395 e. The first-order chi connectivity index (χ1) is 10.3. The Morgan fingerprint density at radius 1 is 1.33 bits per heavy atom. The monoisotopic (exact) mass is 284 g/mol. The van der Waals surface area contributed by atoms with Gasteiger partial charge in [0.1, 0.15) is 12.4 Å². The van der Waals surface area contributed by atoms with E-state index in [1.807, 2.05) is 30.3 Å². The van der Waals surface area contributed by atoms with Crippen LogP contribution in [-0.2, 0) is 11.5 Å². The van der Waals surface area contributed by atoms with Crippen molar-refractivity contribution in [2.45, 2.75) is 13.2 Å². The van der Waals surface area contributed by atoms with Crippen LogP contribution in [0.3, 0.4) is 0 Å². The van der Waals surface area contributed by atoms with Crippen LogP contribution in [0.25, 0.3) is 11.3 Å². The van der Waals surface area contributed by atoms with Crippen molar-refractivity contribution in [2.24, 2.45) is 0 Å². The Hall–Kier alpha value is -2.42. The van der Waals surface area contributed by atoms with Crippen LogP contribution in [0, 0.1) is 11.8 Å². The van der Waals surface area contributed by atoms with Crippen molar-refractivity contribution in [1.82, 2.24) is 9.78 Å². The maximum atomic E-state index is 11.9. The minimum atomic E-state index is -0.273. The highest BCUT2D eigenvalue weighted by Crippen LogP contribution is 2.18. The molecule has 0 unspecified atom stereocenters. The molecule has 0 aliphatic rings. The Morgan fingerprint density at radius 2 is 2.10 bits per heavy atom. The second kappa shape index (κ2) is 7.39. The molecule has 2 aromatic rings. The second-order valence-electron chi connectivity index (χ2n) is 4.30. The number of nitrogens with zero attached hydrogens (tertiary/aromatic N) is 2. The quantitative estimate of drug-likeness (QED) is 0.858. The van der Waals surface area contributed by atoms with Crippen molar-refractivity contribution in [3.05, 3.63) is 52.3 Å². The summed E-state index contributed by atoms with van der Waals surface area (Å²) in [7, 11) is 1.51. The van der Waals surface area contributed by atoms with Crippen LogP contribution in [0.4, 0.5) is 0 Å². The largest absolute Gasteiger partial charge is 0.395 e. The molecule has 0 aliphatic heterocycles. The number of ether oxygens (including phenoxy) is 1. The zero-order valence-electron chi connectivity index (χ0n) is 11.7. The van der Waals surface area contributed by atoms with Crippen LogP contribution in [0.2, 0.25) is 0 Å². The Labute approximate surface area is 122 Å². The van der Waals surface area contributed by atoms with E-state index in [2.05, 4.69) is 16.9 Å². The molecule has 0 saturated heterocycles. The molecule has 0 aliphatic carbocycles. The van der Waals surface area contributed by atoms with Gasteiger partial charge in [0.15, 0.2) is 0 Å². The van der Waals surface area contributed by atoms with Crippen molar-refractivity contribution in [1.29, 1.82) is 0 Å². The number of aromatic nitrogens is 2. The van der Waals surface area contributed by atoms with E-state index in [1.165, 1.54) is 17.9 Å². The Balaban J connectivity index is 2.56. The van der Waals surface area contributed by atoms with Gasteiger partial charge in [0.2, 0.25) is 0 Å². The third-order valence-electron chi connectivity index (χ3n) is 2.76. The first kappa shape index (κ1) is 15.0. The highest BCUT2D eigenvalue weighted by atomic mass is 16.5. The molecule has 21 heavy (non-hydrogen) atoms. The summed E-state index contributed by atoms with van der Waals surface area (Å²) in [5.74, 6) is 5.72. The Kier molecular flexibility index (Phi) is 5.27. The molecule has 2 rings (SSSR count). The highest BCUT2D eigenvalue weighted by Gasteiger charge is 2.09. The van der Waals surface area contributed by atoms with Crippen molar-refractivity contribution in [3.8, 4) is 23.1 Å². The molecule has 108 valence electrons. The highest BCUT2D eigenvalue weighted by molar-refractivity contribution is 5.66. The van der Waals surface area contributed by atoms with Gasteiger partial charge in [0, 0.05) is 25.2 Å². The first-order valence-corrected chi connectivity index (χ1v) is 6.52. The van der Waals surface area contributed by atoms with Gasteiger partial charge in [0.25, 0.3) is 5.56 Å².